The first kappa shape index (κ1) is 16.8. The number of para-hydroxylation sites is 1. The summed E-state index contributed by atoms with van der Waals surface area (Å²) in [6, 6.07) is 5.73. The number of nitro benzene ring substituents is 1. The van der Waals surface area contributed by atoms with Crippen molar-refractivity contribution in [2.75, 3.05) is 14.2 Å². The number of hydrogen-bond acceptors (Lipinski definition) is 8. The lowest BCUT2D eigenvalue weighted by Crippen LogP contribution is -2.38. The van der Waals surface area contributed by atoms with Gasteiger partial charge in [-0.05, 0) is 13.0 Å². The molecule has 124 valence electrons. The minimum atomic E-state index is -1.68. The summed E-state index contributed by atoms with van der Waals surface area (Å²) in [7, 11) is 2.25. The second-order valence-corrected chi connectivity index (χ2v) is 4.84. The molecule has 2 rings (SSSR count). The molecule has 0 aromatic heterocycles. The summed E-state index contributed by atoms with van der Waals surface area (Å²) in [5.74, 6) is -3.37. The standard InChI is InChI=1S/C14H15NO8/c1-14(8-6-4-5-7-9(8)15(18)19)22-10(12(16)20-2)11(23-14)13(17)21-3/h4-7,10-11H,1-3H3. The Labute approximate surface area is 131 Å². The molecule has 1 aliphatic rings. The van der Waals surface area contributed by atoms with Crippen molar-refractivity contribution < 1.29 is 33.5 Å². The molecule has 2 atom stereocenters. The zero-order chi connectivity index (χ0) is 17.2. The van der Waals surface area contributed by atoms with E-state index in [-0.39, 0.29) is 11.3 Å². The third-order valence-corrected chi connectivity index (χ3v) is 3.44. The van der Waals surface area contributed by atoms with Gasteiger partial charge in [-0.2, -0.15) is 0 Å². The van der Waals surface area contributed by atoms with Crippen molar-refractivity contribution in [3.63, 3.8) is 0 Å². The number of hydrogen-bond donors (Lipinski definition) is 0. The smallest absolute Gasteiger partial charge is 0.338 e. The molecule has 1 aliphatic heterocycles. The number of ether oxygens (including phenoxy) is 4. The van der Waals surface area contributed by atoms with E-state index in [1.807, 2.05) is 0 Å². The highest BCUT2D eigenvalue weighted by Crippen LogP contribution is 2.41. The molecule has 2 unspecified atom stereocenters. The van der Waals surface area contributed by atoms with Gasteiger partial charge < -0.3 is 18.9 Å². The average molecular weight is 325 g/mol. The molecule has 1 heterocycles. The van der Waals surface area contributed by atoms with Gasteiger partial charge >= 0.3 is 11.9 Å². The molecule has 0 radical (unpaired) electrons. The Kier molecular flexibility index (Phi) is 4.62. The van der Waals surface area contributed by atoms with Crippen molar-refractivity contribution in [1.29, 1.82) is 0 Å². The Bertz CT molecular complexity index is 619. The maximum Gasteiger partial charge on any atom is 0.338 e. The van der Waals surface area contributed by atoms with Gasteiger partial charge in [0.05, 0.1) is 24.7 Å². The molecule has 0 N–H and O–H groups in total. The molecule has 1 aromatic rings. The largest absolute Gasteiger partial charge is 0.467 e. The monoisotopic (exact) mass is 325 g/mol. The molecular weight excluding hydrogens is 310 g/mol. The Balaban J connectivity index is 2.45. The highest BCUT2D eigenvalue weighted by atomic mass is 16.8. The fourth-order valence-electron chi connectivity index (χ4n) is 2.36. The topological polar surface area (TPSA) is 114 Å². The lowest BCUT2D eigenvalue weighted by molar-refractivity contribution is -0.388. The lowest BCUT2D eigenvalue weighted by Gasteiger charge is -2.23. The molecule has 9 heteroatoms. The van der Waals surface area contributed by atoms with Crippen LogP contribution in [0, 0.1) is 10.1 Å². The van der Waals surface area contributed by atoms with Gasteiger partial charge in [0.1, 0.15) is 0 Å². The summed E-state index contributed by atoms with van der Waals surface area (Å²) in [6.45, 7) is 1.38. The third-order valence-electron chi connectivity index (χ3n) is 3.44. The first-order valence-electron chi connectivity index (χ1n) is 6.59. The number of benzene rings is 1. The summed E-state index contributed by atoms with van der Waals surface area (Å²) >= 11 is 0. The predicted octanol–water partition coefficient (Wildman–Crippen LogP) is 0.897. The summed E-state index contributed by atoms with van der Waals surface area (Å²) in [5, 5.41) is 11.2. The van der Waals surface area contributed by atoms with Crippen LogP contribution in [-0.4, -0.2) is 43.3 Å². The second kappa shape index (κ2) is 6.31. The molecule has 1 aromatic carbocycles. The zero-order valence-corrected chi connectivity index (χ0v) is 12.7. The van der Waals surface area contributed by atoms with E-state index in [2.05, 4.69) is 9.47 Å². The number of methoxy groups -OCH3 is 2. The van der Waals surface area contributed by atoms with Crippen LogP contribution in [0.5, 0.6) is 0 Å². The van der Waals surface area contributed by atoms with E-state index in [9.17, 15) is 19.7 Å². The average Bonchev–Trinajstić information content (AvgIpc) is 2.92. The molecule has 0 bridgehead atoms. The third kappa shape index (κ3) is 3.01. The van der Waals surface area contributed by atoms with E-state index >= 15 is 0 Å². The molecule has 23 heavy (non-hydrogen) atoms. The van der Waals surface area contributed by atoms with Crippen molar-refractivity contribution in [1.82, 2.24) is 0 Å². The van der Waals surface area contributed by atoms with Gasteiger partial charge in [-0.3, -0.25) is 10.1 Å². The van der Waals surface area contributed by atoms with Gasteiger partial charge in [0.15, 0.2) is 12.2 Å². The van der Waals surface area contributed by atoms with Gasteiger partial charge in [-0.1, -0.05) is 12.1 Å². The highest BCUT2D eigenvalue weighted by Gasteiger charge is 2.55. The Hall–Kier alpha value is -2.52. The summed E-state index contributed by atoms with van der Waals surface area (Å²) in [5.41, 5.74) is -0.186. The minimum absolute atomic E-state index is 0.0744. The van der Waals surface area contributed by atoms with E-state index < -0.39 is 34.9 Å². The van der Waals surface area contributed by atoms with Crippen LogP contribution < -0.4 is 0 Å². The van der Waals surface area contributed by atoms with E-state index in [0.717, 1.165) is 14.2 Å². The molecule has 0 saturated carbocycles. The van der Waals surface area contributed by atoms with Crippen LogP contribution in [0.25, 0.3) is 0 Å². The van der Waals surface area contributed by atoms with Crippen LogP contribution in [0.1, 0.15) is 12.5 Å². The molecule has 9 nitrogen and oxygen atoms in total. The molecule has 1 saturated heterocycles. The van der Waals surface area contributed by atoms with Crippen molar-refractivity contribution >= 4 is 17.6 Å². The molecule has 0 spiro atoms. The van der Waals surface area contributed by atoms with E-state index in [0.29, 0.717) is 0 Å². The van der Waals surface area contributed by atoms with Gasteiger partial charge in [0, 0.05) is 6.07 Å². The van der Waals surface area contributed by atoms with Crippen LogP contribution in [0.15, 0.2) is 24.3 Å². The SMILES string of the molecule is COC(=O)C1OC(C)(c2ccccc2[N+](=O)[O-])OC1C(=O)OC. The predicted molar refractivity (Wildman–Crippen MR) is 74.2 cm³/mol. The summed E-state index contributed by atoms with van der Waals surface area (Å²) in [4.78, 5) is 34.2. The van der Waals surface area contributed by atoms with Gasteiger partial charge in [0.25, 0.3) is 5.69 Å². The number of rotatable bonds is 4. The molecule has 0 aliphatic carbocycles. The molecule has 0 amide bonds. The normalized spacial score (nSPS) is 26.6. The van der Waals surface area contributed by atoms with Gasteiger partial charge in [0.2, 0.25) is 5.79 Å². The first-order chi connectivity index (χ1) is 10.8. The zero-order valence-electron chi connectivity index (χ0n) is 12.7. The first-order valence-corrected chi connectivity index (χ1v) is 6.59. The Morgan fingerprint density at radius 1 is 1.13 bits per heavy atom. The van der Waals surface area contributed by atoms with Crippen molar-refractivity contribution in [2.24, 2.45) is 0 Å². The number of nitrogens with zero attached hydrogens (tertiary/aromatic N) is 1. The molecule has 1 fully saturated rings. The maximum absolute atomic E-state index is 11.8. The minimum Gasteiger partial charge on any atom is -0.467 e. The van der Waals surface area contributed by atoms with Crippen LogP contribution in [0.4, 0.5) is 5.69 Å². The van der Waals surface area contributed by atoms with Crippen LogP contribution >= 0.6 is 0 Å². The second-order valence-electron chi connectivity index (χ2n) is 4.84. The van der Waals surface area contributed by atoms with Gasteiger partial charge in [-0.25, -0.2) is 9.59 Å². The van der Waals surface area contributed by atoms with E-state index in [1.54, 1.807) is 6.07 Å². The van der Waals surface area contributed by atoms with Crippen molar-refractivity contribution in [3.05, 3.63) is 39.9 Å². The van der Waals surface area contributed by atoms with Crippen LogP contribution in [0.2, 0.25) is 0 Å². The molecular formula is C14H15NO8. The quantitative estimate of drug-likeness (QED) is 0.455. The lowest BCUT2D eigenvalue weighted by atomic mass is 10.1. The number of carbonyl (C=O) groups excluding carboxylic acids is 2. The Morgan fingerprint density at radius 3 is 2.04 bits per heavy atom. The van der Waals surface area contributed by atoms with Crippen molar-refractivity contribution in [2.45, 2.75) is 24.9 Å². The number of esters is 2. The van der Waals surface area contributed by atoms with Crippen LogP contribution in [-0.2, 0) is 34.3 Å². The maximum atomic E-state index is 11.8. The van der Waals surface area contributed by atoms with E-state index in [4.69, 9.17) is 9.47 Å². The summed E-state index contributed by atoms with van der Waals surface area (Å²) in [6.07, 6.45) is -2.78. The highest BCUT2D eigenvalue weighted by molar-refractivity contribution is 5.86. The summed E-state index contributed by atoms with van der Waals surface area (Å²) < 4.78 is 20.2. The van der Waals surface area contributed by atoms with E-state index in [1.165, 1.54) is 25.1 Å². The number of nitro groups is 1. The van der Waals surface area contributed by atoms with Gasteiger partial charge in [-0.15, -0.1) is 0 Å². The fourth-order valence-corrected chi connectivity index (χ4v) is 2.36. The fraction of sp³-hybridized carbons (Fsp3) is 0.429. The number of carbonyl (C=O) groups is 2. The Morgan fingerprint density at radius 2 is 1.61 bits per heavy atom. The van der Waals surface area contributed by atoms with Crippen LogP contribution in [0.3, 0.4) is 0 Å². The van der Waals surface area contributed by atoms with Crippen molar-refractivity contribution in [3.8, 4) is 0 Å².